The molecule has 2 amide bonds. The summed E-state index contributed by atoms with van der Waals surface area (Å²) in [5.74, 6) is -0.988. The summed E-state index contributed by atoms with van der Waals surface area (Å²) in [6.45, 7) is 0. The number of amides is 2. The standard InChI is InChI=1S/C14H10BrNO3/c15-7-2-1-3-8(6-7)16-13(17)11-9-4-5-10(19-9)12(11)14(16)18/h1-6,9-12H/t9-,10-,11-,12-/m0/s1. The first kappa shape index (κ1) is 11.4. The highest BCUT2D eigenvalue weighted by Crippen LogP contribution is 2.46. The van der Waals surface area contributed by atoms with E-state index in [9.17, 15) is 9.59 Å². The molecule has 2 bridgehead atoms. The monoisotopic (exact) mass is 319 g/mol. The molecule has 0 aliphatic carbocycles. The minimum atomic E-state index is -0.346. The van der Waals surface area contributed by atoms with Crippen molar-refractivity contribution in [1.29, 1.82) is 0 Å². The van der Waals surface area contributed by atoms with E-state index in [4.69, 9.17) is 4.74 Å². The van der Waals surface area contributed by atoms with Gasteiger partial charge in [0, 0.05) is 4.47 Å². The number of fused-ring (bicyclic) bond motifs is 5. The maximum absolute atomic E-state index is 12.5. The second-order valence-electron chi connectivity index (χ2n) is 4.99. The number of anilines is 1. The summed E-state index contributed by atoms with van der Waals surface area (Å²) in [5, 5.41) is 0. The van der Waals surface area contributed by atoms with Gasteiger partial charge in [0.25, 0.3) is 0 Å². The molecule has 96 valence electrons. The number of benzene rings is 1. The summed E-state index contributed by atoms with van der Waals surface area (Å²) in [5.41, 5.74) is 0.623. The first-order valence-corrected chi connectivity index (χ1v) is 6.93. The van der Waals surface area contributed by atoms with Gasteiger partial charge < -0.3 is 4.74 Å². The van der Waals surface area contributed by atoms with Gasteiger partial charge in [-0.3, -0.25) is 9.59 Å². The number of ether oxygens (including phenoxy) is 1. The fourth-order valence-corrected chi connectivity index (χ4v) is 3.56. The largest absolute Gasteiger partial charge is 0.365 e. The molecule has 4 nitrogen and oxygen atoms in total. The second kappa shape index (κ2) is 3.77. The smallest absolute Gasteiger partial charge is 0.240 e. The van der Waals surface area contributed by atoms with Crippen LogP contribution in [0.5, 0.6) is 0 Å². The Bertz CT molecular complexity index is 597. The van der Waals surface area contributed by atoms with Gasteiger partial charge in [0.2, 0.25) is 11.8 Å². The van der Waals surface area contributed by atoms with E-state index in [-0.39, 0.29) is 35.9 Å². The van der Waals surface area contributed by atoms with Crippen molar-refractivity contribution in [2.75, 3.05) is 4.90 Å². The van der Waals surface area contributed by atoms with Crippen LogP contribution in [0.1, 0.15) is 0 Å². The average molecular weight is 320 g/mol. The highest BCUT2D eigenvalue weighted by Gasteiger charge is 2.60. The minimum Gasteiger partial charge on any atom is -0.365 e. The summed E-state index contributed by atoms with van der Waals surface area (Å²) in [6.07, 6.45) is 3.32. The maximum Gasteiger partial charge on any atom is 0.240 e. The molecule has 0 unspecified atom stereocenters. The van der Waals surface area contributed by atoms with Crippen LogP contribution in [0.3, 0.4) is 0 Å². The third-order valence-corrected chi connectivity index (χ3v) is 4.47. The van der Waals surface area contributed by atoms with Crippen LogP contribution in [0, 0.1) is 11.8 Å². The zero-order chi connectivity index (χ0) is 13.1. The molecule has 3 heterocycles. The number of hydrogen-bond acceptors (Lipinski definition) is 3. The normalized spacial score (nSPS) is 35.3. The van der Waals surface area contributed by atoms with Gasteiger partial charge in [-0.2, -0.15) is 0 Å². The number of carbonyl (C=O) groups excluding carboxylic acids is 2. The quantitative estimate of drug-likeness (QED) is 0.586. The predicted octanol–water partition coefficient (Wildman–Crippen LogP) is 1.89. The zero-order valence-corrected chi connectivity index (χ0v) is 11.4. The van der Waals surface area contributed by atoms with E-state index >= 15 is 0 Å². The first-order chi connectivity index (χ1) is 9.16. The summed E-state index contributed by atoms with van der Waals surface area (Å²) in [6, 6.07) is 7.24. The Balaban J connectivity index is 1.77. The Morgan fingerprint density at radius 1 is 1.05 bits per heavy atom. The molecule has 0 spiro atoms. The topological polar surface area (TPSA) is 46.6 Å². The number of rotatable bonds is 1. The molecule has 1 aromatic carbocycles. The predicted molar refractivity (Wildman–Crippen MR) is 71.4 cm³/mol. The van der Waals surface area contributed by atoms with Crippen molar-refractivity contribution in [3.63, 3.8) is 0 Å². The van der Waals surface area contributed by atoms with Crippen LogP contribution in [0.25, 0.3) is 0 Å². The van der Waals surface area contributed by atoms with E-state index in [0.29, 0.717) is 5.69 Å². The molecule has 3 aliphatic rings. The van der Waals surface area contributed by atoms with Crippen molar-refractivity contribution < 1.29 is 14.3 Å². The molecule has 2 fully saturated rings. The third-order valence-electron chi connectivity index (χ3n) is 3.98. The number of nitrogens with zero attached hydrogens (tertiary/aromatic N) is 1. The van der Waals surface area contributed by atoms with Gasteiger partial charge in [-0.1, -0.05) is 34.1 Å². The molecule has 19 heavy (non-hydrogen) atoms. The molecule has 0 N–H and O–H groups in total. The van der Waals surface area contributed by atoms with Crippen molar-refractivity contribution in [3.8, 4) is 0 Å². The van der Waals surface area contributed by atoms with Gasteiger partial charge in [0.1, 0.15) is 0 Å². The van der Waals surface area contributed by atoms with E-state index in [1.807, 2.05) is 24.3 Å². The summed E-state index contributed by atoms with van der Waals surface area (Å²) in [7, 11) is 0. The Hall–Kier alpha value is -1.46. The Morgan fingerprint density at radius 2 is 1.68 bits per heavy atom. The van der Waals surface area contributed by atoms with Gasteiger partial charge in [-0.25, -0.2) is 4.90 Å². The lowest BCUT2D eigenvalue weighted by Crippen LogP contribution is -2.34. The summed E-state index contributed by atoms with van der Waals surface area (Å²) >= 11 is 3.36. The van der Waals surface area contributed by atoms with E-state index in [0.717, 1.165) is 4.47 Å². The van der Waals surface area contributed by atoms with Crippen LogP contribution in [0.4, 0.5) is 5.69 Å². The Morgan fingerprint density at radius 3 is 2.26 bits per heavy atom. The van der Waals surface area contributed by atoms with E-state index < -0.39 is 0 Å². The fraction of sp³-hybridized carbons (Fsp3) is 0.286. The number of imide groups is 1. The van der Waals surface area contributed by atoms with Gasteiger partial charge in [0.05, 0.1) is 29.7 Å². The van der Waals surface area contributed by atoms with Crippen molar-refractivity contribution >= 4 is 33.4 Å². The maximum atomic E-state index is 12.5. The highest BCUT2D eigenvalue weighted by atomic mass is 79.9. The van der Waals surface area contributed by atoms with Crippen molar-refractivity contribution in [2.24, 2.45) is 11.8 Å². The van der Waals surface area contributed by atoms with Gasteiger partial charge in [-0.15, -0.1) is 0 Å². The van der Waals surface area contributed by atoms with Crippen LogP contribution in [-0.4, -0.2) is 24.0 Å². The number of halogens is 1. The van der Waals surface area contributed by atoms with E-state index in [1.54, 1.807) is 12.1 Å². The van der Waals surface area contributed by atoms with Crippen LogP contribution >= 0.6 is 15.9 Å². The first-order valence-electron chi connectivity index (χ1n) is 6.14. The van der Waals surface area contributed by atoms with E-state index in [1.165, 1.54) is 4.90 Å². The molecule has 0 radical (unpaired) electrons. The molecule has 0 saturated carbocycles. The lowest BCUT2D eigenvalue weighted by atomic mass is 9.85. The van der Waals surface area contributed by atoms with Crippen LogP contribution < -0.4 is 4.90 Å². The molecule has 2 saturated heterocycles. The molecule has 1 aromatic rings. The molecule has 4 atom stereocenters. The minimum absolute atomic E-state index is 0.148. The van der Waals surface area contributed by atoms with Crippen molar-refractivity contribution in [2.45, 2.75) is 12.2 Å². The molecule has 0 aromatic heterocycles. The highest BCUT2D eigenvalue weighted by molar-refractivity contribution is 9.10. The third kappa shape index (κ3) is 1.42. The van der Waals surface area contributed by atoms with Gasteiger partial charge in [0.15, 0.2) is 0 Å². The number of carbonyl (C=O) groups is 2. The zero-order valence-electron chi connectivity index (χ0n) is 9.82. The van der Waals surface area contributed by atoms with Crippen LogP contribution in [0.15, 0.2) is 40.9 Å². The Kier molecular flexibility index (Phi) is 2.26. The average Bonchev–Trinajstić information content (AvgIpc) is 3.04. The van der Waals surface area contributed by atoms with Crippen molar-refractivity contribution in [1.82, 2.24) is 0 Å². The molecule has 5 heteroatoms. The Labute approximate surface area is 118 Å². The van der Waals surface area contributed by atoms with E-state index in [2.05, 4.69) is 15.9 Å². The second-order valence-corrected chi connectivity index (χ2v) is 5.91. The van der Waals surface area contributed by atoms with Crippen LogP contribution in [-0.2, 0) is 14.3 Å². The van der Waals surface area contributed by atoms with Gasteiger partial charge in [-0.05, 0) is 18.2 Å². The molecular weight excluding hydrogens is 310 g/mol. The molecule has 3 aliphatic heterocycles. The lowest BCUT2D eigenvalue weighted by Gasteiger charge is -2.17. The van der Waals surface area contributed by atoms with Crippen molar-refractivity contribution in [3.05, 3.63) is 40.9 Å². The van der Waals surface area contributed by atoms with Gasteiger partial charge >= 0.3 is 0 Å². The SMILES string of the molecule is O=C1[C@@H]2[C@@H](C(=O)N1c1cccc(Br)c1)[C@@H]1C=C[C@@H]2O1. The lowest BCUT2D eigenvalue weighted by molar-refractivity contribution is -0.124. The fourth-order valence-electron chi connectivity index (χ4n) is 3.17. The summed E-state index contributed by atoms with van der Waals surface area (Å²) in [4.78, 5) is 26.3. The molecule has 4 rings (SSSR count). The molecular formula is C14H10BrNO3. The summed E-state index contributed by atoms with van der Waals surface area (Å²) < 4.78 is 6.45. The van der Waals surface area contributed by atoms with Crippen LogP contribution in [0.2, 0.25) is 0 Å². The number of hydrogen-bond donors (Lipinski definition) is 0.